The third-order valence-electron chi connectivity index (χ3n) is 3.95. The molecule has 0 spiro atoms. The van der Waals surface area contributed by atoms with Crippen LogP contribution in [-0.2, 0) is 0 Å². The maximum atomic E-state index is 12.4. The number of hydrogen-bond acceptors (Lipinski definition) is 5. The molecule has 1 N–H and O–H groups in total. The van der Waals surface area contributed by atoms with Gasteiger partial charge in [0, 0.05) is 35.7 Å². The fraction of sp³-hybridized carbons (Fsp3) is 0.375. The summed E-state index contributed by atoms with van der Waals surface area (Å²) >= 11 is 7.61. The van der Waals surface area contributed by atoms with Crippen LogP contribution in [0.15, 0.2) is 29.8 Å². The minimum absolute atomic E-state index is 0.171. The van der Waals surface area contributed by atoms with Gasteiger partial charge in [-0.15, -0.1) is 11.3 Å². The van der Waals surface area contributed by atoms with Gasteiger partial charge in [-0.05, 0) is 31.0 Å². The number of methoxy groups -OCH3 is 1. The van der Waals surface area contributed by atoms with Crippen LogP contribution < -0.4 is 15.0 Å². The molecule has 1 aromatic carbocycles. The Bertz CT molecular complexity index is 678. The van der Waals surface area contributed by atoms with E-state index < -0.39 is 0 Å². The summed E-state index contributed by atoms with van der Waals surface area (Å²) in [7, 11) is 1.54. The van der Waals surface area contributed by atoms with Crippen molar-refractivity contribution in [2.45, 2.75) is 18.9 Å². The topological polar surface area (TPSA) is 54.5 Å². The van der Waals surface area contributed by atoms with E-state index in [1.165, 1.54) is 0 Å². The van der Waals surface area contributed by atoms with Crippen molar-refractivity contribution in [3.63, 3.8) is 0 Å². The Morgan fingerprint density at radius 1 is 1.57 bits per heavy atom. The first-order valence-corrected chi connectivity index (χ1v) is 8.72. The molecule has 0 bridgehead atoms. The molecule has 122 valence electrons. The van der Waals surface area contributed by atoms with Gasteiger partial charge >= 0.3 is 0 Å². The lowest BCUT2D eigenvalue weighted by atomic mass is 10.1. The Balaban J connectivity index is 1.66. The van der Waals surface area contributed by atoms with Gasteiger partial charge in [-0.2, -0.15) is 0 Å². The van der Waals surface area contributed by atoms with Crippen molar-refractivity contribution in [1.29, 1.82) is 0 Å². The van der Waals surface area contributed by atoms with Gasteiger partial charge < -0.3 is 15.0 Å². The van der Waals surface area contributed by atoms with Gasteiger partial charge in [0.2, 0.25) is 0 Å². The maximum absolute atomic E-state index is 12.4. The van der Waals surface area contributed by atoms with Crippen LogP contribution in [-0.4, -0.2) is 37.1 Å². The van der Waals surface area contributed by atoms with Crippen LogP contribution in [0.4, 0.5) is 5.13 Å². The zero-order valence-electron chi connectivity index (χ0n) is 12.8. The summed E-state index contributed by atoms with van der Waals surface area (Å²) < 4.78 is 5.24. The standard InChI is InChI=1S/C16H18ClN3O2S/c1-22-14-5-4-11(17)9-13(14)15(21)19-10-12-3-2-7-20(12)16-18-6-8-23-16/h4-6,8-9,12H,2-3,7,10H2,1H3,(H,19,21). The van der Waals surface area contributed by atoms with Crippen LogP contribution in [0.2, 0.25) is 5.02 Å². The van der Waals surface area contributed by atoms with Crippen molar-refractivity contribution in [2.75, 3.05) is 25.1 Å². The molecule has 5 nitrogen and oxygen atoms in total. The number of rotatable bonds is 5. The monoisotopic (exact) mass is 351 g/mol. The van der Waals surface area contributed by atoms with E-state index in [9.17, 15) is 4.79 Å². The molecule has 1 aromatic heterocycles. The number of hydrogen-bond donors (Lipinski definition) is 1. The highest BCUT2D eigenvalue weighted by molar-refractivity contribution is 7.13. The van der Waals surface area contributed by atoms with E-state index >= 15 is 0 Å². The first-order valence-electron chi connectivity index (χ1n) is 7.47. The molecule has 0 aliphatic carbocycles. The summed E-state index contributed by atoms with van der Waals surface area (Å²) in [6.45, 7) is 1.56. The molecule has 7 heteroatoms. The zero-order chi connectivity index (χ0) is 16.2. The van der Waals surface area contributed by atoms with Crippen molar-refractivity contribution < 1.29 is 9.53 Å². The predicted octanol–water partition coefficient (Wildman–Crippen LogP) is 3.20. The number of ether oxygens (including phenoxy) is 1. The molecule has 1 aliphatic rings. The molecule has 0 saturated carbocycles. The number of carbonyl (C=O) groups excluding carboxylic acids is 1. The number of aromatic nitrogens is 1. The normalized spacial score (nSPS) is 17.3. The number of nitrogens with one attached hydrogen (secondary N) is 1. The second-order valence-electron chi connectivity index (χ2n) is 5.36. The molecule has 2 aromatic rings. The Morgan fingerprint density at radius 3 is 3.17 bits per heavy atom. The van der Waals surface area contributed by atoms with E-state index in [1.807, 2.05) is 11.6 Å². The first-order chi connectivity index (χ1) is 11.2. The molecule has 1 fully saturated rings. The van der Waals surface area contributed by atoms with E-state index in [0.29, 0.717) is 22.9 Å². The minimum atomic E-state index is -0.171. The van der Waals surface area contributed by atoms with Crippen molar-refractivity contribution in [3.8, 4) is 5.75 Å². The SMILES string of the molecule is COc1ccc(Cl)cc1C(=O)NCC1CCCN1c1nccs1. The summed E-state index contributed by atoms with van der Waals surface area (Å²) in [5, 5.41) is 6.50. The molecule has 1 unspecified atom stereocenters. The molecule has 2 heterocycles. The van der Waals surface area contributed by atoms with E-state index in [4.69, 9.17) is 16.3 Å². The Hall–Kier alpha value is -1.79. The molecule has 1 saturated heterocycles. The summed E-state index contributed by atoms with van der Waals surface area (Å²) in [6, 6.07) is 5.31. The van der Waals surface area contributed by atoms with Crippen molar-refractivity contribution in [1.82, 2.24) is 10.3 Å². The highest BCUT2D eigenvalue weighted by Crippen LogP contribution is 2.27. The Morgan fingerprint density at radius 2 is 2.43 bits per heavy atom. The molecule has 3 rings (SSSR count). The number of benzene rings is 1. The van der Waals surface area contributed by atoms with Crippen molar-refractivity contribution >= 4 is 34.0 Å². The van der Waals surface area contributed by atoms with Crippen LogP contribution in [0.1, 0.15) is 23.2 Å². The van der Waals surface area contributed by atoms with E-state index in [2.05, 4.69) is 15.2 Å². The lowest BCUT2D eigenvalue weighted by molar-refractivity contribution is 0.0948. The largest absolute Gasteiger partial charge is 0.496 e. The Labute approximate surface area is 144 Å². The van der Waals surface area contributed by atoms with Gasteiger partial charge in [0.05, 0.1) is 12.7 Å². The maximum Gasteiger partial charge on any atom is 0.255 e. The van der Waals surface area contributed by atoms with Crippen LogP contribution in [0.3, 0.4) is 0 Å². The van der Waals surface area contributed by atoms with Gasteiger partial charge in [0.15, 0.2) is 5.13 Å². The molecule has 1 atom stereocenters. The predicted molar refractivity (Wildman–Crippen MR) is 92.8 cm³/mol. The fourth-order valence-corrected chi connectivity index (χ4v) is 3.73. The zero-order valence-corrected chi connectivity index (χ0v) is 14.4. The summed E-state index contributed by atoms with van der Waals surface area (Å²) in [5.74, 6) is 0.352. The lowest BCUT2D eigenvalue weighted by Gasteiger charge is -2.24. The molecule has 23 heavy (non-hydrogen) atoms. The summed E-state index contributed by atoms with van der Waals surface area (Å²) in [5.41, 5.74) is 0.457. The van der Waals surface area contributed by atoms with Crippen molar-refractivity contribution in [3.05, 3.63) is 40.4 Å². The van der Waals surface area contributed by atoms with Gasteiger partial charge in [0.1, 0.15) is 5.75 Å². The number of anilines is 1. The minimum Gasteiger partial charge on any atom is -0.496 e. The molecule has 1 aliphatic heterocycles. The quantitative estimate of drug-likeness (QED) is 0.898. The third-order valence-corrected chi connectivity index (χ3v) is 4.99. The third kappa shape index (κ3) is 3.59. The Kier molecular flexibility index (Phi) is 5.03. The average Bonchev–Trinajstić information content (AvgIpc) is 3.23. The van der Waals surface area contributed by atoms with Gasteiger partial charge in [-0.25, -0.2) is 4.98 Å². The lowest BCUT2D eigenvalue weighted by Crippen LogP contribution is -2.40. The molecular formula is C16H18ClN3O2S. The molecule has 1 amide bonds. The number of amides is 1. The molecule has 0 radical (unpaired) electrons. The highest BCUT2D eigenvalue weighted by atomic mass is 35.5. The second kappa shape index (κ2) is 7.19. The number of thiazole rings is 1. The highest BCUT2D eigenvalue weighted by Gasteiger charge is 2.27. The van der Waals surface area contributed by atoms with Crippen LogP contribution in [0.5, 0.6) is 5.75 Å². The average molecular weight is 352 g/mol. The van der Waals surface area contributed by atoms with Gasteiger partial charge in [0.25, 0.3) is 5.91 Å². The fourth-order valence-electron chi connectivity index (χ4n) is 2.82. The number of nitrogens with zero attached hydrogens (tertiary/aromatic N) is 2. The number of halogens is 1. The molecular weight excluding hydrogens is 334 g/mol. The smallest absolute Gasteiger partial charge is 0.255 e. The van der Waals surface area contributed by atoms with E-state index in [1.54, 1.807) is 36.6 Å². The second-order valence-corrected chi connectivity index (χ2v) is 6.67. The number of carbonyl (C=O) groups is 1. The van der Waals surface area contributed by atoms with Gasteiger partial charge in [-0.1, -0.05) is 11.6 Å². The van der Waals surface area contributed by atoms with E-state index in [0.717, 1.165) is 24.5 Å². The summed E-state index contributed by atoms with van der Waals surface area (Å²) in [6.07, 6.45) is 3.97. The summed E-state index contributed by atoms with van der Waals surface area (Å²) in [4.78, 5) is 19.1. The van der Waals surface area contributed by atoms with Crippen molar-refractivity contribution in [2.24, 2.45) is 0 Å². The van der Waals surface area contributed by atoms with Crippen LogP contribution in [0.25, 0.3) is 0 Å². The van der Waals surface area contributed by atoms with Gasteiger partial charge in [-0.3, -0.25) is 4.79 Å². The van der Waals surface area contributed by atoms with Crippen LogP contribution in [0, 0.1) is 0 Å². The first kappa shape index (κ1) is 16.1. The van der Waals surface area contributed by atoms with Crippen LogP contribution >= 0.6 is 22.9 Å². The van der Waals surface area contributed by atoms with E-state index in [-0.39, 0.29) is 11.9 Å².